The predicted molar refractivity (Wildman–Crippen MR) is 125 cm³/mol. The monoisotopic (exact) mass is 472 g/mol. The highest BCUT2D eigenvalue weighted by Gasteiger charge is 2.32. The molecular formula is C24H25FN2O5S. The second-order valence-corrected chi connectivity index (χ2v) is 9.43. The average molecular weight is 473 g/mol. The molecule has 3 aromatic carbocycles. The molecule has 0 fully saturated rings. The van der Waals surface area contributed by atoms with Gasteiger partial charge in [-0.25, -0.2) is 12.8 Å². The maximum atomic E-state index is 15.6. The van der Waals surface area contributed by atoms with E-state index in [1.54, 1.807) is 50.2 Å². The van der Waals surface area contributed by atoms with Gasteiger partial charge in [0.05, 0.1) is 23.4 Å². The Morgan fingerprint density at radius 3 is 2.30 bits per heavy atom. The molecular weight excluding hydrogens is 447 g/mol. The van der Waals surface area contributed by atoms with Gasteiger partial charge < -0.3 is 15.2 Å². The second-order valence-electron chi connectivity index (χ2n) is 7.63. The molecule has 0 saturated carbocycles. The van der Waals surface area contributed by atoms with Gasteiger partial charge in [-0.1, -0.05) is 29.8 Å². The summed E-state index contributed by atoms with van der Waals surface area (Å²) in [7, 11) is -2.88. The SMILES string of the molecule is COc1cccc(Nc2cccc(N(CC(=O)O)S(=O)(=O)c3c(C)cc(C)cc3C)c2F)c1. The molecule has 9 heteroatoms. The van der Waals surface area contributed by atoms with E-state index in [4.69, 9.17) is 4.74 Å². The number of ether oxygens (including phenoxy) is 1. The van der Waals surface area contributed by atoms with Crippen LogP contribution in [-0.2, 0) is 14.8 Å². The van der Waals surface area contributed by atoms with Gasteiger partial charge >= 0.3 is 5.97 Å². The molecule has 0 bridgehead atoms. The molecule has 2 N–H and O–H groups in total. The third kappa shape index (κ3) is 5.09. The zero-order chi connectivity index (χ0) is 24.3. The van der Waals surface area contributed by atoms with Crippen LogP contribution < -0.4 is 14.4 Å². The number of benzene rings is 3. The first-order valence-corrected chi connectivity index (χ1v) is 11.5. The highest BCUT2D eigenvalue weighted by Crippen LogP contribution is 2.34. The number of nitrogens with one attached hydrogen (secondary N) is 1. The summed E-state index contributed by atoms with van der Waals surface area (Å²) in [5.74, 6) is -1.75. The lowest BCUT2D eigenvalue weighted by Gasteiger charge is -2.26. The highest BCUT2D eigenvalue weighted by molar-refractivity contribution is 7.93. The third-order valence-corrected chi connectivity index (χ3v) is 7.09. The molecule has 0 heterocycles. The van der Waals surface area contributed by atoms with Gasteiger partial charge in [0.1, 0.15) is 12.3 Å². The first-order chi connectivity index (χ1) is 15.5. The summed E-state index contributed by atoms with van der Waals surface area (Å²) >= 11 is 0. The van der Waals surface area contributed by atoms with Crippen molar-refractivity contribution in [2.45, 2.75) is 25.7 Å². The van der Waals surface area contributed by atoms with Crippen molar-refractivity contribution in [3.05, 3.63) is 77.1 Å². The fourth-order valence-electron chi connectivity index (χ4n) is 3.77. The van der Waals surface area contributed by atoms with Crippen LogP contribution in [0.2, 0.25) is 0 Å². The van der Waals surface area contributed by atoms with Crippen molar-refractivity contribution in [3.63, 3.8) is 0 Å². The number of aryl methyl sites for hydroxylation is 3. The summed E-state index contributed by atoms with van der Waals surface area (Å²) < 4.78 is 48.5. The van der Waals surface area contributed by atoms with Crippen molar-refractivity contribution >= 4 is 33.1 Å². The molecule has 0 aliphatic rings. The Morgan fingerprint density at radius 1 is 1.06 bits per heavy atom. The van der Waals surface area contributed by atoms with Gasteiger partial charge in [-0.05, 0) is 56.2 Å². The van der Waals surface area contributed by atoms with Crippen LogP contribution in [0.3, 0.4) is 0 Å². The minimum atomic E-state index is -4.39. The van der Waals surface area contributed by atoms with Gasteiger partial charge in [-0.15, -0.1) is 0 Å². The lowest BCUT2D eigenvalue weighted by molar-refractivity contribution is -0.135. The molecule has 0 amide bonds. The van der Waals surface area contributed by atoms with Crippen LogP contribution in [-0.4, -0.2) is 33.1 Å². The first-order valence-electron chi connectivity index (χ1n) is 10.1. The maximum absolute atomic E-state index is 15.6. The fraction of sp³-hybridized carbons (Fsp3) is 0.208. The molecule has 0 atom stereocenters. The molecule has 7 nitrogen and oxygen atoms in total. The van der Waals surface area contributed by atoms with Crippen molar-refractivity contribution in [1.29, 1.82) is 0 Å². The molecule has 0 unspecified atom stereocenters. The molecule has 174 valence electrons. The van der Waals surface area contributed by atoms with Gasteiger partial charge in [0.15, 0.2) is 5.82 Å². The fourth-order valence-corrected chi connectivity index (χ4v) is 5.60. The number of carboxylic acid groups (broad SMARTS) is 1. The molecule has 0 saturated heterocycles. The van der Waals surface area contributed by atoms with Gasteiger partial charge in [0.2, 0.25) is 0 Å². The molecule has 33 heavy (non-hydrogen) atoms. The Morgan fingerprint density at radius 2 is 1.70 bits per heavy atom. The largest absolute Gasteiger partial charge is 0.497 e. The van der Waals surface area contributed by atoms with Crippen LogP contribution in [0.5, 0.6) is 5.75 Å². The average Bonchev–Trinajstić information content (AvgIpc) is 2.73. The van der Waals surface area contributed by atoms with E-state index >= 15 is 4.39 Å². The van der Waals surface area contributed by atoms with Crippen molar-refractivity contribution in [3.8, 4) is 5.75 Å². The molecule has 0 aliphatic carbocycles. The number of methoxy groups -OCH3 is 1. The quantitative estimate of drug-likeness (QED) is 0.490. The predicted octanol–water partition coefficient (Wildman–Crippen LogP) is 4.78. The molecule has 0 spiro atoms. The Bertz CT molecular complexity index is 1280. The summed E-state index contributed by atoms with van der Waals surface area (Å²) in [5.41, 5.74) is 1.91. The van der Waals surface area contributed by atoms with Crippen LogP contribution in [0, 0.1) is 26.6 Å². The van der Waals surface area contributed by atoms with E-state index in [0.717, 1.165) is 5.56 Å². The highest BCUT2D eigenvalue weighted by atomic mass is 32.2. The summed E-state index contributed by atoms with van der Waals surface area (Å²) in [5, 5.41) is 12.3. The Hall–Kier alpha value is -3.59. The van der Waals surface area contributed by atoms with Crippen LogP contribution in [0.1, 0.15) is 16.7 Å². The number of sulfonamides is 1. The van der Waals surface area contributed by atoms with Crippen molar-refractivity contribution < 1.29 is 27.4 Å². The molecule has 0 aromatic heterocycles. The van der Waals surface area contributed by atoms with E-state index in [2.05, 4.69) is 5.32 Å². The summed E-state index contributed by atoms with van der Waals surface area (Å²) in [4.78, 5) is 11.5. The summed E-state index contributed by atoms with van der Waals surface area (Å²) in [6.45, 7) is 4.15. The molecule has 0 radical (unpaired) electrons. The number of rotatable bonds is 8. The zero-order valence-corrected chi connectivity index (χ0v) is 19.5. The van der Waals surface area contributed by atoms with Gasteiger partial charge in [-0.3, -0.25) is 9.10 Å². The number of carboxylic acids is 1. The van der Waals surface area contributed by atoms with E-state index in [0.29, 0.717) is 26.9 Å². The van der Waals surface area contributed by atoms with E-state index in [-0.39, 0.29) is 16.3 Å². The lowest BCUT2D eigenvalue weighted by atomic mass is 10.1. The van der Waals surface area contributed by atoms with Crippen molar-refractivity contribution in [2.75, 3.05) is 23.3 Å². The van der Waals surface area contributed by atoms with Crippen molar-refractivity contribution in [1.82, 2.24) is 0 Å². The lowest BCUT2D eigenvalue weighted by Crippen LogP contribution is -2.37. The Labute approximate surface area is 192 Å². The zero-order valence-electron chi connectivity index (χ0n) is 18.7. The van der Waals surface area contributed by atoms with Gasteiger partial charge in [0, 0.05) is 11.8 Å². The number of hydrogen-bond donors (Lipinski definition) is 2. The molecule has 3 rings (SSSR count). The Kier molecular flexibility index (Phi) is 6.92. The minimum absolute atomic E-state index is 0.0105. The summed E-state index contributed by atoms with van der Waals surface area (Å²) in [6, 6.07) is 14.3. The number of halogens is 1. The van der Waals surface area contributed by atoms with E-state index in [9.17, 15) is 18.3 Å². The van der Waals surface area contributed by atoms with Gasteiger partial charge in [-0.2, -0.15) is 0 Å². The number of aliphatic carboxylic acids is 1. The molecule has 0 aliphatic heterocycles. The van der Waals surface area contributed by atoms with Crippen molar-refractivity contribution in [2.24, 2.45) is 0 Å². The maximum Gasteiger partial charge on any atom is 0.324 e. The van der Waals surface area contributed by atoms with Crippen LogP contribution in [0.25, 0.3) is 0 Å². The van der Waals surface area contributed by atoms with E-state index in [1.165, 1.54) is 25.3 Å². The number of hydrogen-bond acceptors (Lipinski definition) is 5. The summed E-state index contributed by atoms with van der Waals surface area (Å²) in [6.07, 6.45) is 0. The van der Waals surface area contributed by atoms with E-state index < -0.39 is 28.4 Å². The number of nitrogens with zero attached hydrogens (tertiary/aromatic N) is 1. The second kappa shape index (κ2) is 9.50. The minimum Gasteiger partial charge on any atom is -0.497 e. The van der Waals surface area contributed by atoms with Crippen LogP contribution in [0.4, 0.5) is 21.5 Å². The van der Waals surface area contributed by atoms with Crippen LogP contribution >= 0.6 is 0 Å². The third-order valence-electron chi connectivity index (χ3n) is 5.03. The van der Waals surface area contributed by atoms with E-state index in [1.807, 2.05) is 6.92 Å². The number of carbonyl (C=O) groups is 1. The smallest absolute Gasteiger partial charge is 0.324 e. The standard InChI is InChI=1S/C24H25FN2O5S/c1-15-11-16(2)24(17(3)12-15)33(30,31)27(14-22(28)29)21-10-6-9-20(23(21)25)26-18-7-5-8-19(13-18)32-4/h5-13,26H,14H2,1-4H3,(H,28,29). The first kappa shape index (κ1) is 24.1. The Balaban J connectivity index is 2.12. The number of anilines is 3. The van der Waals surface area contributed by atoms with Crippen LogP contribution in [0.15, 0.2) is 59.5 Å². The normalized spacial score (nSPS) is 11.2. The molecule has 3 aromatic rings. The van der Waals surface area contributed by atoms with Gasteiger partial charge in [0.25, 0.3) is 10.0 Å². The topological polar surface area (TPSA) is 95.9 Å².